The Kier molecular flexibility index (Phi) is 3.75. The molecular weight excluding hydrogens is 371 g/mol. The quantitative estimate of drug-likeness (QED) is 0.623. The molecule has 1 fully saturated rings. The van der Waals surface area contributed by atoms with Crippen LogP contribution in [0.15, 0.2) is 36.5 Å². The summed E-state index contributed by atoms with van der Waals surface area (Å²) < 4.78 is 21.1. The fourth-order valence-corrected chi connectivity index (χ4v) is 4.31. The van der Waals surface area contributed by atoms with Crippen molar-refractivity contribution in [1.82, 2.24) is 19.7 Å². The Morgan fingerprint density at radius 3 is 2.76 bits per heavy atom. The highest BCUT2D eigenvalue weighted by atomic mass is 19.1. The second-order valence-corrected chi connectivity index (χ2v) is 9.07. The molecule has 2 aliphatic heterocycles. The number of carbonyl (C=O) groups excluding carboxylic acids is 1. The molecule has 0 radical (unpaired) electrons. The van der Waals surface area contributed by atoms with E-state index in [0.29, 0.717) is 13.1 Å². The number of aromatic nitrogens is 3. The van der Waals surface area contributed by atoms with Gasteiger partial charge in [-0.25, -0.2) is 9.18 Å². The number of ether oxygens (including phenoxy) is 1. The molecule has 0 N–H and O–H groups in total. The van der Waals surface area contributed by atoms with Gasteiger partial charge < -0.3 is 9.64 Å². The van der Waals surface area contributed by atoms with E-state index in [1.54, 1.807) is 17.2 Å². The van der Waals surface area contributed by atoms with Crippen LogP contribution in [-0.4, -0.2) is 44.4 Å². The number of rotatable bonds is 1. The summed E-state index contributed by atoms with van der Waals surface area (Å²) in [6.07, 6.45) is 2.48. The number of carbonyl (C=O) groups is 1. The topological polar surface area (TPSA) is 60.2 Å². The van der Waals surface area contributed by atoms with Gasteiger partial charge in [-0.2, -0.15) is 5.10 Å². The van der Waals surface area contributed by atoms with Crippen LogP contribution in [0.4, 0.5) is 9.18 Å². The Bertz CT molecular complexity index is 1130. The molecule has 3 aromatic rings. The summed E-state index contributed by atoms with van der Waals surface area (Å²) in [4.78, 5) is 18.5. The van der Waals surface area contributed by atoms with Crippen molar-refractivity contribution in [3.05, 3.63) is 48.0 Å². The number of halogens is 1. The Balaban J connectivity index is 1.39. The molecular formula is C22H23FN4O2. The molecule has 29 heavy (non-hydrogen) atoms. The van der Waals surface area contributed by atoms with E-state index in [1.807, 2.05) is 31.5 Å². The first-order valence-electron chi connectivity index (χ1n) is 9.84. The Morgan fingerprint density at radius 2 is 2.00 bits per heavy atom. The average molecular weight is 394 g/mol. The summed E-state index contributed by atoms with van der Waals surface area (Å²) >= 11 is 0. The number of hydrogen-bond acceptors (Lipinski definition) is 4. The standard InChI is InChI=1S/C22H23FN4O2/c1-21(2,3)29-20(28)26-12-22(13-26)6-7-27-19(22)10-18(25-27)15-8-14-9-16(23)4-5-17(14)24-11-15/h4-5,8-11H,6-7,12-13H2,1-3H3. The molecule has 0 unspecified atom stereocenters. The third-order valence-corrected chi connectivity index (χ3v) is 5.70. The highest BCUT2D eigenvalue weighted by Gasteiger charge is 2.52. The van der Waals surface area contributed by atoms with Crippen molar-refractivity contribution in [2.24, 2.45) is 0 Å². The van der Waals surface area contributed by atoms with Crippen LogP contribution in [0.5, 0.6) is 0 Å². The van der Waals surface area contributed by atoms with Crippen molar-refractivity contribution >= 4 is 17.0 Å². The summed E-state index contributed by atoms with van der Waals surface area (Å²) in [6, 6.07) is 8.58. The van der Waals surface area contributed by atoms with Crippen LogP contribution in [0.2, 0.25) is 0 Å². The average Bonchev–Trinajstić information content (AvgIpc) is 3.17. The van der Waals surface area contributed by atoms with Gasteiger partial charge in [-0.05, 0) is 57.5 Å². The van der Waals surface area contributed by atoms with Gasteiger partial charge in [0.15, 0.2) is 0 Å². The van der Waals surface area contributed by atoms with Crippen molar-refractivity contribution in [2.45, 2.75) is 44.8 Å². The summed E-state index contributed by atoms with van der Waals surface area (Å²) in [5.74, 6) is -0.278. The summed E-state index contributed by atoms with van der Waals surface area (Å²) in [6.45, 7) is 7.75. The molecule has 2 aromatic heterocycles. The number of pyridine rings is 1. The molecule has 0 aliphatic carbocycles. The zero-order chi connectivity index (χ0) is 20.4. The van der Waals surface area contributed by atoms with Crippen LogP contribution in [0.1, 0.15) is 32.9 Å². The second kappa shape index (κ2) is 6.02. The number of nitrogens with zero attached hydrogens (tertiary/aromatic N) is 4. The SMILES string of the molecule is CC(C)(C)OC(=O)N1CC2(CCn3nc(-c4cnc5ccc(F)cc5c4)cc32)C1. The van der Waals surface area contributed by atoms with E-state index in [2.05, 4.69) is 11.1 Å². The van der Waals surface area contributed by atoms with Gasteiger partial charge in [0.25, 0.3) is 0 Å². The van der Waals surface area contributed by atoms with Crippen LogP contribution in [0.3, 0.4) is 0 Å². The predicted molar refractivity (Wildman–Crippen MR) is 107 cm³/mol. The smallest absolute Gasteiger partial charge is 0.410 e. The number of aryl methyl sites for hydroxylation is 1. The first-order chi connectivity index (χ1) is 13.7. The van der Waals surface area contributed by atoms with Gasteiger partial charge in [0.2, 0.25) is 0 Å². The third-order valence-electron chi connectivity index (χ3n) is 5.70. The lowest BCUT2D eigenvalue weighted by molar-refractivity contribution is -0.00969. The van der Waals surface area contributed by atoms with Crippen LogP contribution >= 0.6 is 0 Å². The third kappa shape index (κ3) is 3.05. The van der Waals surface area contributed by atoms with Gasteiger partial charge in [-0.1, -0.05) is 0 Å². The highest BCUT2D eigenvalue weighted by Crippen LogP contribution is 2.44. The van der Waals surface area contributed by atoms with E-state index >= 15 is 0 Å². The largest absolute Gasteiger partial charge is 0.444 e. The van der Waals surface area contributed by atoms with Crippen molar-refractivity contribution in [3.8, 4) is 11.3 Å². The molecule has 0 saturated carbocycles. The van der Waals surface area contributed by atoms with Crippen molar-refractivity contribution in [2.75, 3.05) is 13.1 Å². The van der Waals surface area contributed by atoms with Gasteiger partial charge in [0, 0.05) is 47.9 Å². The van der Waals surface area contributed by atoms with Crippen LogP contribution in [0, 0.1) is 5.82 Å². The molecule has 6 nitrogen and oxygen atoms in total. The summed E-state index contributed by atoms with van der Waals surface area (Å²) in [7, 11) is 0. The number of benzene rings is 1. The lowest BCUT2D eigenvalue weighted by Crippen LogP contribution is -2.61. The zero-order valence-corrected chi connectivity index (χ0v) is 16.8. The molecule has 1 saturated heterocycles. The van der Waals surface area contributed by atoms with Gasteiger partial charge >= 0.3 is 6.09 Å². The van der Waals surface area contributed by atoms with E-state index < -0.39 is 5.60 Å². The van der Waals surface area contributed by atoms with Gasteiger partial charge in [0.1, 0.15) is 11.4 Å². The summed E-state index contributed by atoms with van der Waals surface area (Å²) in [5, 5.41) is 5.50. The molecule has 7 heteroatoms. The van der Waals surface area contributed by atoms with E-state index in [0.717, 1.165) is 40.8 Å². The minimum absolute atomic E-state index is 0.0570. The maximum absolute atomic E-state index is 13.6. The molecule has 0 bridgehead atoms. The lowest BCUT2D eigenvalue weighted by Gasteiger charge is -2.47. The first kappa shape index (κ1) is 18.1. The molecule has 0 atom stereocenters. The van der Waals surface area contributed by atoms with Gasteiger partial charge in [0.05, 0.1) is 11.2 Å². The van der Waals surface area contributed by atoms with Gasteiger partial charge in [-0.3, -0.25) is 9.67 Å². The molecule has 1 spiro atoms. The first-order valence-corrected chi connectivity index (χ1v) is 9.84. The Hall–Kier alpha value is -2.96. The number of fused-ring (bicyclic) bond motifs is 3. The van der Waals surface area contributed by atoms with Crippen LogP contribution in [0.25, 0.3) is 22.2 Å². The minimum Gasteiger partial charge on any atom is -0.444 e. The fourth-order valence-electron chi connectivity index (χ4n) is 4.31. The molecule has 1 amide bonds. The maximum atomic E-state index is 13.6. The molecule has 1 aromatic carbocycles. The molecule has 5 rings (SSSR count). The maximum Gasteiger partial charge on any atom is 0.410 e. The minimum atomic E-state index is -0.493. The second-order valence-electron chi connectivity index (χ2n) is 9.07. The Morgan fingerprint density at radius 1 is 1.21 bits per heavy atom. The molecule has 4 heterocycles. The van der Waals surface area contributed by atoms with E-state index in [4.69, 9.17) is 9.84 Å². The van der Waals surface area contributed by atoms with Crippen molar-refractivity contribution in [1.29, 1.82) is 0 Å². The summed E-state index contributed by atoms with van der Waals surface area (Å²) in [5.41, 5.74) is 3.04. The normalized spacial score (nSPS) is 17.4. The van der Waals surface area contributed by atoms with Crippen LogP contribution in [-0.2, 0) is 16.7 Å². The lowest BCUT2D eigenvalue weighted by atomic mass is 9.76. The number of amides is 1. The van der Waals surface area contributed by atoms with Gasteiger partial charge in [-0.15, -0.1) is 0 Å². The zero-order valence-electron chi connectivity index (χ0n) is 16.8. The van der Waals surface area contributed by atoms with E-state index in [-0.39, 0.29) is 17.3 Å². The molecule has 2 aliphatic rings. The predicted octanol–water partition coefficient (Wildman–Crippen LogP) is 4.13. The van der Waals surface area contributed by atoms with E-state index in [9.17, 15) is 9.18 Å². The van der Waals surface area contributed by atoms with Crippen molar-refractivity contribution < 1.29 is 13.9 Å². The van der Waals surface area contributed by atoms with Crippen LogP contribution < -0.4 is 0 Å². The van der Waals surface area contributed by atoms with E-state index in [1.165, 1.54) is 12.1 Å². The number of likely N-dealkylation sites (tertiary alicyclic amines) is 1. The van der Waals surface area contributed by atoms with Crippen molar-refractivity contribution in [3.63, 3.8) is 0 Å². The number of hydrogen-bond donors (Lipinski definition) is 0. The molecule has 150 valence electrons. The monoisotopic (exact) mass is 394 g/mol. The Labute approximate surface area is 168 Å². The fraction of sp³-hybridized carbons (Fsp3) is 0.409. The highest BCUT2D eigenvalue weighted by molar-refractivity contribution is 5.83.